The summed E-state index contributed by atoms with van der Waals surface area (Å²) in [6.07, 6.45) is 0. The van der Waals surface area contributed by atoms with Gasteiger partial charge in [-0.2, -0.15) is 0 Å². The normalized spacial score (nSPS) is 10.5. The van der Waals surface area contributed by atoms with Crippen molar-refractivity contribution >= 4 is 33.5 Å². The predicted octanol–water partition coefficient (Wildman–Crippen LogP) is 2.78. The first kappa shape index (κ1) is 7.91. The maximum absolute atomic E-state index is 5.11. The van der Waals surface area contributed by atoms with Gasteiger partial charge in [0.05, 0.1) is 10.8 Å². The highest BCUT2D eigenvalue weighted by Crippen LogP contribution is 2.21. The van der Waals surface area contributed by atoms with Crippen LogP contribution in [0.5, 0.6) is 5.75 Å². The summed E-state index contributed by atoms with van der Waals surface area (Å²) in [5, 5.41) is 1.22. The van der Waals surface area contributed by atoms with Crippen molar-refractivity contribution in [1.82, 2.24) is 4.98 Å². The lowest BCUT2D eigenvalue weighted by Gasteiger charge is -1.97. The Kier molecular flexibility index (Phi) is 1.96. The molecule has 2 aromatic rings. The SMILES string of the molecule is COc1ccc2cc(I)[nH]c2c1. The fraction of sp³-hybridized carbons (Fsp3) is 0.111. The predicted molar refractivity (Wildman–Crippen MR) is 57.6 cm³/mol. The van der Waals surface area contributed by atoms with Crippen molar-refractivity contribution in [2.75, 3.05) is 7.11 Å². The molecule has 0 radical (unpaired) electrons. The molecule has 0 aliphatic heterocycles. The minimum absolute atomic E-state index is 0.890. The molecule has 0 spiro atoms. The maximum Gasteiger partial charge on any atom is 0.120 e. The molecule has 1 heterocycles. The van der Waals surface area contributed by atoms with Crippen LogP contribution in [-0.4, -0.2) is 12.1 Å². The molecule has 1 aromatic carbocycles. The Labute approximate surface area is 84.1 Å². The van der Waals surface area contributed by atoms with Crippen LogP contribution in [0.25, 0.3) is 10.9 Å². The van der Waals surface area contributed by atoms with E-state index < -0.39 is 0 Å². The van der Waals surface area contributed by atoms with Gasteiger partial charge in [0.2, 0.25) is 0 Å². The van der Waals surface area contributed by atoms with Gasteiger partial charge in [-0.05, 0) is 40.8 Å². The first-order valence-electron chi connectivity index (χ1n) is 3.62. The highest BCUT2D eigenvalue weighted by atomic mass is 127. The Morgan fingerprint density at radius 3 is 2.92 bits per heavy atom. The number of hydrogen-bond acceptors (Lipinski definition) is 1. The Morgan fingerprint density at radius 1 is 1.33 bits per heavy atom. The molecule has 0 saturated heterocycles. The van der Waals surface area contributed by atoms with Crippen LogP contribution in [0.2, 0.25) is 0 Å². The van der Waals surface area contributed by atoms with E-state index in [2.05, 4.69) is 33.6 Å². The first-order chi connectivity index (χ1) is 5.79. The van der Waals surface area contributed by atoms with Gasteiger partial charge < -0.3 is 9.72 Å². The first-order valence-corrected chi connectivity index (χ1v) is 4.70. The zero-order chi connectivity index (χ0) is 8.55. The Balaban J connectivity index is 2.66. The lowest BCUT2D eigenvalue weighted by atomic mass is 10.2. The van der Waals surface area contributed by atoms with Crippen molar-refractivity contribution in [3.05, 3.63) is 28.0 Å². The fourth-order valence-corrected chi connectivity index (χ4v) is 1.82. The van der Waals surface area contributed by atoms with Crippen LogP contribution in [0.4, 0.5) is 0 Å². The van der Waals surface area contributed by atoms with E-state index in [0.29, 0.717) is 0 Å². The van der Waals surface area contributed by atoms with Crippen LogP contribution in [0.3, 0.4) is 0 Å². The van der Waals surface area contributed by atoms with Crippen molar-refractivity contribution in [2.45, 2.75) is 0 Å². The van der Waals surface area contributed by atoms with Gasteiger partial charge in [-0.15, -0.1) is 0 Å². The van der Waals surface area contributed by atoms with Gasteiger partial charge in [0.1, 0.15) is 5.75 Å². The summed E-state index contributed by atoms with van der Waals surface area (Å²) in [6, 6.07) is 8.12. The van der Waals surface area contributed by atoms with E-state index in [1.165, 1.54) is 5.39 Å². The molecule has 3 heteroatoms. The Hall–Kier alpha value is -0.710. The van der Waals surface area contributed by atoms with E-state index in [-0.39, 0.29) is 0 Å². The van der Waals surface area contributed by atoms with Crippen molar-refractivity contribution in [2.24, 2.45) is 0 Å². The van der Waals surface area contributed by atoms with Crippen molar-refractivity contribution < 1.29 is 4.74 Å². The second-order valence-corrected chi connectivity index (χ2v) is 3.73. The molecule has 0 aliphatic rings. The summed E-state index contributed by atoms with van der Waals surface area (Å²) < 4.78 is 6.26. The smallest absolute Gasteiger partial charge is 0.120 e. The zero-order valence-electron chi connectivity index (χ0n) is 6.60. The number of nitrogens with one attached hydrogen (secondary N) is 1. The molecule has 62 valence electrons. The number of benzene rings is 1. The zero-order valence-corrected chi connectivity index (χ0v) is 8.75. The summed E-state index contributed by atoms with van der Waals surface area (Å²) in [5.74, 6) is 0.890. The summed E-state index contributed by atoms with van der Waals surface area (Å²) in [7, 11) is 1.68. The molecule has 0 amide bonds. The quantitative estimate of drug-likeness (QED) is 0.794. The third-order valence-corrected chi connectivity index (χ3v) is 2.38. The lowest BCUT2D eigenvalue weighted by Crippen LogP contribution is -1.80. The van der Waals surface area contributed by atoms with Gasteiger partial charge in [-0.3, -0.25) is 0 Å². The number of aromatic nitrogens is 1. The average molecular weight is 273 g/mol. The van der Waals surface area contributed by atoms with Gasteiger partial charge in [-0.1, -0.05) is 0 Å². The third kappa shape index (κ3) is 1.29. The molecule has 0 bridgehead atoms. The number of aromatic amines is 1. The monoisotopic (exact) mass is 273 g/mol. The van der Waals surface area contributed by atoms with E-state index in [4.69, 9.17) is 4.74 Å². The largest absolute Gasteiger partial charge is 0.497 e. The Bertz CT molecular complexity index is 408. The van der Waals surface area contributed by atoms with Gasteiger partial charge in [0, 0.05) is 17.0 Å². The number of ether oxygens (including phenoxy) is 1. The molecule has 0 saturated carbocycles. The molecular weight excluding hydrogens is 265 g/mol. The molecule has 0 unspecified atom stereocenters. The van der Waals surface area contributed by atoms with Crippen LogP contribution in [0.15, 0.2) is 24.3 Å². The lowest BCUT2D eigenvalue weighted by molar-refractivity contribution is 0.415. The summed E-state index contributed by atoms with van der Waals surface area (Å²) in [4.78, 5) is 3.24. The molecule has 2 nitrogen and oxygen atoms in total. The fourth-order valence-electron chi connectivity index (χ4n) is 1.20. The van der Waals surface area contributed by atoms with Gasteiger partial charge in [0.15, 0.2) is 0 Å². The minimum atomic E-state index is 0.890. The van der Waals surface area contributed by atoms with Gasteiger partial charge >= 0.3 is 0 Å². The van der Waals surface area contributed by atoms with Crippen LogP contribution >= 0.6 is 22.6 Å². The number of hydrogen-bond donors (Lipinski definition) is 1. The second kappa shape index (κ2) is 2.97. The van der Waals surface area contributed by atoms with E-state index in [1.807, 2.05) is 18.2 Å². The van der Waals surface area contributed by atoms with Crippen molar-refractivity contribution in [3.8, 4) is 5.75 Å². The molecule has 0 fully saturated rings. The summed E-state index contributed by atoms with van der Waals surface area (Å²) in [5.41, 5.74) is 1.12. The highest BCUT2D eigenvalue weighted by Gasteiger charge is 1.98. The van der Waals surface area contributed by atoms with E-state index in [1.54, 1.807) is 7.11 Å². The van der Waals surface area contributed by atoms with Crippen LogP contribution in [-0.2, 0) is 0 Å². The number of halogens is 1. The standard InChI is InChI=1S/C9H8INO/c1-12-7-3-2-6-4-9(10)11-8(6)5-7/h2-5,11H,1H3. The highest BCUT2D eigenvalue weighted by molar-refractivity contribution is 14.1. The van der Waals surface area contributed by atoms with Crippen molar-refractivity contribution in [3.63, 3.8) is 0 Å². The number of methoxy groups -OCH3 is 1. The molecule has 1 N–H and O–H groups in total. The molecule has 2 rings (SSSR count). The third-order valence-electron chi connectivity index (χ3n) is 1.80. The number of fused-ring (bicyclic) bond motifs is 1. The topological polar surface area (TPSA) is 25.0 Å². The second-order valence-electron chi connectivity index (χ2n) is 2.57. The summed E-state index contributed by atoms with van der Waals surface area (Å²) in [6.45, 7) is 0. The van der Waals surface area contributed by atoms with Gasteiger partial charge in [-0.25, -0.2) is 0 Å². The average Bonchev–Trinajstić information content (AvgIpc) is 2.43. The van der Waals surface area contributed by atoms with E-state index >= 15 is 0 Å². The van der Waals surface area contributed by atoms with Crippen LogP contribution in [0.1, 0.15) is 0 Å². The maximum atomic E-state index is 5.11. The molecular formula is C9H8INO. The molecule has 0 atom stereocenters. The molecule has 0 aliphatic carbocycles. The van der Waals surface area contributed by atoms with Crippen molar-refractivity contribution in [1.29, 1.82) is 0 Å². The number of H-pyrrole nitrogens is 1. The van der Waals surface area contributed by atoms with Gasteiger partial charge in [0.25, 0.3) is 0 Å². The van der Waals surface area contributed by atoms with E-state index in [0.717, 1.165) is 15.0 Å². The van der Waals surface area contributed by atoms with Crippen LogP contribution in [0, 0.1) is 3.70 Å². The molecule has 12 heavy (non-hydrogen) atoms. The van der Waals surface area contributed by atoms with Crippen LogP contribution < -0.4 is 4.74 Å². The van der Waals surface area contributed by atoms with E-state index in [9.17, 15) is 0 Å². The number of rotatable bonds is 1. The Morgan fingerprint density at radius 2 is 2.17 bits per heavy atom. The summed E-state index contributed by atoms with van der Waals surface area (Å²) >= 11 is 2.26. The minimum Gasteiger partial charge on any atom is -0.497 e. The molecule has 1 aromatic heterocycles.